The minimum absolute atomic E-state index is 0.204. The van der Waals surface area contributed by atoms with Gasteiger partial charge in [-0.05, 0) is 19.3 Å². The Morgan fingerprint density at radius 2 is 2.10 bits per heavy atom. The maximum atomic E-state index is 11.0. The predicted octanol–water partition coefficient (Wildman–Crippen LogP) is 2.20. The molecular formula is C6H8Br2O2. The molecule has 2 nitrogen and oxygen atoms in total. The lowest BCUT2D eigenvalue weighted by Crippen LogP contribution is -2.24. The third-order valence-electron chi connectivity index (χ3n) is 1.42. The molecule has 0 spiro atoms. The van der Waals surface area contributed by atoms with E-state index in [4.69, 9.17) is 4.74 Å². The van der Waals surface area contributed by atoms with E-state index < -0.39 is 3.23 Å². The molecule has 0 bridgehead atoms. The molecule has 0 amide bonds. The van der Waals surface area contributed by atoms with Crippen LogP contribution in [0.2, 0.25) is 0 Å². The van der Waals surface area contributed by atoms with Crippen LogP contribution < -0.4 is 0 Å². The highest BCUT2D eigenvalue weighted by Crippen LogP contribution is 2.35. The van der Waals surface area contributed by atoms with Gasteiger partial charge in [0.05, 0.1) is 6.61 Å². The molecule has 1 rings (SSSR count). The molecule has 10 heavy (non-hydrogen) atoms. The number of rotatable bonds is 0. The highest BCUT2D eigenvalue weighted by Gasteiger charge is 2.35. The fraction of sp³-hybridized carbons (Fsp3) is 0.833. The Labute approximate surface area is 76.6 Å². The zero-order chi connectivity index (χ0) is 7.61. The second-order valence-corrected chi connectivity index (χ2v) is 6.07. The lowest BCUT2D eigenvalue weighted by Gasteiger charge is -2.13. The molecule has 1 aliphatic rings. The molecule has 0 aromatic heterocycles. The van der Waals surface area contributed by atoms with E-state index in [0.717, 1.165) is 19.3 Å². The van der Waals surface area contributed by atoms with Gasteiger partial charge in [0.15, 0.2) is 3.23 Å². The lowest BCUT2D eigenvalue weighted by molar-refractivity contribution is -0.142. The summed E-state index contributed by atoms with van der Waals surface area (Å²) in [6.07, 6.45) is 2.78. The van der Waals surface area contributed by atoms with Crippen molar-refractivity contribution in [2.45, 2.75) is 22.5 Å². The number of cyclic esters (lactones) is 1. The number of alkyl halides is 2. The first kappa shape index (κ1) is 8.53. The maximum absolute atomic E-state index is 11.0. The molecule has 1 aliphatic heterocycles. The van der Waals surface area contributed by atoms with Crippen LogP contribution in [0.5, 0.6) is 0 Å². The average molecular weight is 272 g/mol. The molecule has 4 heteroatoms. The summed E-state index contributed by atoms with van der Waals surface area (Å²) in [6.45, 7) is 0.553. The summed E-state index contributed by atoms with van der Waals surface area (Å²) in [5, 5.41) is 0. The Kier molecular flexibility index (Phi) is 2.74. The molecule has 58 valence electrons. The van der Waals surface area contributed by atoms with Crippen molar-refractivity contribution in [3.05, 3.63) is 0 Å². The SMILES string of the molecule is O=C1OCCCCC1(Br)Br. The van der Waals surface area contributed by atoms with E-state index in [1.165, 1.54) is 0 Å². The van der Waals surface area contributed by atoms with Crippen molar-refractivity contribution < 1.29 is 9.53 Å². The van der Waals surface area contributed by atoms with Gasteiger partial charge < -0.3 is 4.74 Å². The number of ether oxygens (including phenoxy) is 1. The van der Waals surface area contributed by atoms with Gasteiger partial charge in [-0.15, -0.1) is 0 Å². The van der Waals surface area contributed by atoms with Crippen LogP contribution in [0.1, 0.15) is 19.3 Å². The van der Waals surface area contributed by atoms with Gasteiger partial charge in [-0.3, -0.25) is 0 Å². The molecule has 0 unspecified atom stereocenters. The second-order valence-electron chi connectivity index (χ2n) is 2.30. The van der Waals surface area contributed by atoms with E-state index in [0.29, 0.717) is 6.61 Å². The summed E-state index contributed by atoms with van der Waals surface area (Å²) in [4.78, 5) is 11.0. The monoisotopic (exact) mass is 270 g/mol. The van der Waals surface area contributed by atoms with Crippen molar-refractivity contribution in [3.63, 3.8) is 0 Å². The van der Waals surface area contributed by atoms with Gasteiger partial charge in [0.1, 0.15) is 0 Å². The van der Waals surface area contributed by atoms with Crippen molar-refractivity contribution in [2.75, 3.05) is 6.61 Å². The molecule has 0 aromatic rings. The van der Waals surface area contributed by atoms with Gasteiger partial charge in [0, 0.05) is 0 Å². The molecular weight excluding hydrogens is 264 g/mol. The molecule has 1 fully saturated rings. The lowest BCUT2D eigenvalue weighted by atomic mass is 10.2. The Morgan fingerprint density at radius 1 is 1.40 bits per heavy atom. The van der Waals surface area contributed by atoms with E-state index in [1.807, 2.05) is 0 Å². The zero-order valence-corrected chi connectivity index (χ0v) is 8.57. The van der Waals surface area contributed by atoms with Crippen LogP contribution >= 0.6 is 31.9 Å². The molecule has 1 saturated heterocycles. The Balaban J connectivity index is 2.61. The van der Waals surface area contributed by atoms with E-state index in [9.17, 15) is 4.79 Å². The molecule has 0 aliphatic carbocycles. The van der Waals surface area contributed by atoms with E-state index in [-0.39, 0.29) is 5.97 Å². The normalized spacial score (nSPS) is 25.2. The Morgan fingerprint density at radius 3 is 2.80 bits per heavy atom. The van der Waals surface area contributed by atoms with Crippen molar-refractivity contribution in [2.24, 2.45) is 0 Å². The summed E-state index contributed by atoms with van der Waals surface area (Å²) >= 11 is 6.50. The molecule has 0 aromatic carbocycles. The van der Waals surface area contributed by atoms with E-state index in [1.54, 1.807) is 0 Å². The van der Waals surface area contributed by atoms with Gasteiger partial charge >= 0.3 is 5.97 Å². The Bertz CT molecular complexity index is 145. The minimum Gasteiger partial charge on any atom is -0.464 e. The summed E-state index contributed by atoms with van der Waals surface area (Å²) in [7, 11) is 0. The van der Waals surface area contributed by atoms with Crippen LogP contribution in [-0.2, 0) is 9.53 Å². The van der Waals surface area contributed by atoms with Crippen LogP contribution in [0.25, 0.3) is 0 Å². The molecule has 0 atom stereocenters. The average Bonchev–Trinajstić information content (AvgIpc) is 1.96. The molecule has 0 radical (unpaired) electrons. The standard InChI is InChI=1S/C6H8Br2O2/c7-6(8)3-1-2-4-10-5(6)9/h1-4H2. The second kappa shape index (κ2) is 3.22. The number of halogens is 2. The smallest absolute Gasteiger partial charge is 0.333 e. The third-order valence-corrected chi connectivity index (χ3v) is 2.86. The number of carbonyl (C=O) groups excluding carboxylic acids is 1. The number of hydrogen-bond donors (Lipinski definition) is 0. The summed E-state index contributed by atoms with van der Waals surface area (Å²) in [6, 6.07) is 0. The minimum atomic E-state index is -0.615. The zero-order valence-electron chi connectivity index (χ0n) is 5.40. The van der Waals surface area contributed by atoms with Crippen LogP contribution in [-0.4, -0.2) is 15.8 Å². The van der Waals surface area contributed by atoms with E-state index in [2.05, 4.69) is 31.9 Å². The summed E-state index contributed by atoms with van der Waals surface area (Å²) in [5.74, 6) is -0.204. The molecule has 0 N–H and O–H groups in total. The molecule has 1 heterocycles. The summed E-state index contributed by atoms with van der Waals surface area (Å²) < 4.78 is 4.27. The van der Waals surface area contributed by atoms with Gasteiger partial charge in [-0.1, -0.05) is 31.9 Å². The van der Waals surface area contributed by atoms with Crippen molar-refractivity contribution >= 4 is 37.8 Å². The fourth-order valence-electron chi connectivity index (χ4n) is 0.822. The maximum Gasteiger partial charge on any atom is 0.333 e. The van der Waals surface area contributed by atoms with Crippen molar-refractivity contribution in [1.82, 2.24) is 0 Å². The number of esters is 1. The van der Waals surface area contributed by atoms with Gasteiger partial charge in [0.25, 0.3) is 0 Å². The highest BCUT2D eigenvalue weighted by atomic mass is 79.9. The Hall–Kier alpha value is 0.430. The van der Waals surface area contributed by atoms with Crippen molar-refractivity contribution in [3.8, 4) is 0 Å². The van der Waals surface area contributed by atoms with Crippen LogP contribution in [0.4, 0.5) is 0 Å². The van der Waals surface area contributed by atoms with E-state index >= 15 is 0 Å². The number of carbonyl (C=O) groups is 1. The van der Waals surface area contributed by atoms with Crippen LogP contribution in [0.15, 0.2) is 0 Å². The quantitative estimate of drug-likeness (QED) is 0.499. The van der Waals surface area contributed by atoms with Gasteiger partial charge in [-0.25, -0.2) is 4.79 Å². The first-order chi connectivity index (χ1) is 4.63. The largest absolute Gasteiger partial charge is 0.464 e. The molecule has 0 saturated carbocycles. The highest BCUT2D eigenvalue weighted by molar-refractivity contribution is 9.25. The fourth-order valence-corrected chi connectivity index (χ4v) is 1.61. The van der Waals surface area contributed by atoms with Gasteiger partial charge in [0.2, 0.25) is 0 Å². The first-order valence-electron chi connectivity index (χ1n) is 3.18. The third kappa shape index (κ3) is 1.95. The van der Waals surface area contributed by atoms with Crippen LogP contribution in [0, 0.1) is 0 Å². The predicted molar refractivity (Wildman–Crippen MR) is 45.4 cm³/mol. The first-order valence-corrected chi connectivity index (χ1v) is 4.76. The summed E-state index contributed by atoms with van der Waals surface area (Å²) in [5.41, 5.74) is 0. The van der Waals surface area contributed by atoms with Gasteiger partial charge in [-0.2, -0.15) is 0 Å². The van der Waals surface area contributed by atoms with Crippen LogP contribution in [0.3, 0.4) is 0 Å². The van der Waals surface area contributed by atoms with Crippen molar-refractivity contribution in [1.29, 1.82) is 0 Å². The topological polar surface area (TPSA) is 26.3 Å². The number of hydrogen-bond acceptors (Lipinski definition) is 2.